The first-order chi connectivity index (χ1) is 11.5. The van der Waals surface area contributed by atoms with Crippen LogP contribution in [0.15, 0.2) is 51.8 Å². The second-order valence-electron chi connectivity index (χ2n) is 5.25. The van der Waals surface area contributed by atoms with Gasteiger partial charge in [-0.25, -0.2) is 13.1 Å². The van der Waals surface area contributed by atoms with Gasteiger partial charge in [-0.05, 0) is 52.2 Å². The highest BCUT2D eigenvalue weighted by Crippen LogP contribution is 2.34. The van der Waals surface area contributed by atoms with E-state index in [2.05, 4.69) is 20.7 Å². The van der Waals surface area contributed by atoms with Crippen LogP contribution in [0.2, 0.25) is 0 Å². The number of aliphatic hydroxyl groups is 1. The molecule has 0 aromatic heterocycles. The number of sulfonamides is 1. The fourth-order valence-corrected chi connectivity index (χ4v) is 4.41. The predicted molar refractivity (Wildman–Crippen MR) is 91.5 cm³/mol. The van der Waals surface area contributed by atoms with Crippen LogP contribution in [0, 0.1) is 0 Å². The van der Waals surface area contributed by atoms with Gasteiger partial charge in [0.05, 0.1) is 11.0 Å². The minimum Gasteiger partial charge on any atom is -0.454 e. The Kier molecular flexibility index (Phi) is 5.09. The molecule has 0 bridgehead atoms. The number of halogens is 1. The van der Waals surface area contributed by atoms with Gasteiger partial charge in [0.15, 0.2) is 11.5 Å². The van der Waals surface area contributed by atoms with E-state index in [9.17, 15) is 13.5 Å². The molecule has 1 aliphatic heterocycles. The van der Waals surface area contributed by atoms with Gasteiger partial charge in [-0.3, -0.25) is 0 Å². The average Bonchev–Trinajstić information content (AvgIpc) is 3.02. The Balaban J connectivity index is 1.61. The first-order valence-corrected chi connectivity index (χ1v) is 9.57. The maximum absolute atomic E-state index is 12.3. The smallest absolute Gasteiger partial charge is 0.241 e. The van der Waals surface area contributed by atoms with Gasteiger partial charge in [-0.2, -0.15) is 0 Å². The molecule has 3 rings (SSSR count). The van der Waals surface area contributed by atoms with Crippen LogP contribution < -0.4 is 14.2 Å². The maximum atomic E-state index is 12.3. The molecule has 0 fully saturated rings. The zero-order chi connectivity index (χ0) is 17.2. The van der Waals surface area contributed by atoms with E-state index in [0.29, 0.717) is 21.5 Å². The number of nitrogens with one attached hydrogen (secondary N) is 1. The van der Waals surface area contributed by atoms with Crippen molar-refractivity contribution in [2.45, 2.75) is 17.4 Å². The lowest BCUT2D eigenvalue weighted by Gasteiger charge is -2.13. The number of hydrogen-bond acceptors (Lipinski definition) is 5. The molecule has 0 spiro atoms. The quantitative estimate of drug-likeness (QED) is 0.759. The normalized spacial score (nSPS) is 14.6. The molecule has 0 saturated carbocycles. The third-order valence-corrected chi connectivity index (χ3v) is 6.09. The standard InChI is InChI=1S/C16H16BrNO5S/c17-12-3-1-2-4-16(12)24(20,21)18-8-7-13(19)11-5-6-14-15(9-11)23-10-22-14/h1-6,9,13,18-19H,7-8,10H2/t13-/m0/s1. The summed E-state index contributed by atoms with van der Waals surface area (Å²) < 4.78 is 38.0. The van der Waals surface area contributed by atoms with Gasteiger partial charge in [0.2, 0.25) is 16.8 Å². The summed E-state index contributed by atoms with van der Waals surface area (Å²) in [6.45, 7) is 0.278. The highest BCUT2D eigenvalue weighted by Gasteiger charge is 2.19. The van der Waals surface area contributed by atoms with Gasteiger partial charge >= 0.3 is 0 Å². The third-order valence-electron chi connectivity index (χ3n) is 3.62. The van der Waals surface area contributed by atoms with Crippen LogP contribution >= 0.6 is 15.9 Å². The monoisotopic (exact) mass is 413 g/mol. The molecule has 1 aliphatic rings. The van der Waals surface area contributed by atoms with Crippen LogP contribution in [-0.4, -0.2) is 26.9 Å². The summed E-state index contributed by atoms with van der Waals surface area (Å²) in [5, 5.41) is 10.2. The maximum Gasteiger partial charge on any atom is 0.241 e. The summed E-state index contributed by atoms with van der Waals surface area (Å²) in [6, 6.07) is 11.7. The lowest BCUT2D eigenvalue weighted by atomic mass is 10.1. The van der Waals surface area contributed by atoms with Crippen molar-refractivity contribution in [1.82, 2.24) is 4.72 Å². The Bertz CT molecular complexity index is 840. The van der Waals surface area contributed by atoms with Crippen LogP contribution in [0.1, 0.15) is 18.1 Å². The van der Waals surface area contributed by atoms with Crippen molar-refractivity contribution < 1.29 is 23.0 Å². The number of benzene rings is 2. The zero-order valence-corrected chi connectivity index (χ0v) is 15.0. The van der Waals surface area contributed by atoms with Crippen molar-refractivity contribution in [2.24, 2.45) is 0 Å². The van der Waals surface area contributed by atoms with E-state index in [1.54, 1.807) is 36.4 Å². The van der Waals surface area contributed by atoms with Gasteiger partial charge < -0.3 is 14.6 Å². The third kappa shape index (κ3) is 3.72. The fourth-order valence-electron chi connectivity index (χ4n) is 2.36. The molecule has 2 N–H and O–H groups in total. The molecule has 2 aromatic rings. The largest absolute Gasteiger partial charge is 0.454 e. The first-order valence-electron chi connectivity index (χ1n) is 7.29. The molecule has 0 saturated heterocycles. The summed E-state index contributed by atoms with van der Waals surface area (Å²) in [6.07, 6.45) is -0.565. The average molecular weight is 414 g/mol. The van der Waals surface area contributed by atoms with Crippen LogP contribution in [0.5, 0.6) is 11.5 Å². The van der Waals surface area contributed by atoms with E-state index in [4.69, 9.17) is 9.47 Å². The molecule has 0 unspecified atom stereocenters. The van der Waals surface area contributed by atoms with E-state index in [1.807, 2.05) is 0 Å². The molecule has 8 heteroatoms. The predicted octanol–water partition coefficient (Wildman–Crippen LogP) is 2.58. The van der Waals surface area contributed by atoms with Gasteiger partial charge in [-0.1, -0.05) is 18.2 Å². The van der Waals surface area contributed by atoms with Crippen molar-refractivity contribution in [2.75, 3.05) is 13.3 Å². The summed E-state index contributed by atoms with van der Waals surface area (Å²) in [5.41, 5.74) is 0.652. The SMILES string of the molecule is O=S(=O)(NCC[C@H](O)c1ccc2c(c1)OCO2)c1ccccc1Br. The van der Waals surface area contributed by atoms with E-state index < -0.39 is 16.1 Å². The molecule has 24 heavy (non-hydrogen) atoms. The summed E-state index contributed by atoms with van der Waals surface area (Å²) >= 11 is 3.22. The van der Waals surface area contributed by atoms with Gasteiger partial charge in [0.25, 0.3) is 0 Å². The molecule has 0 radical (unpaired) electrons. The van der Waals surface area contributed by atoms with Gasteiger partial charge in [0, 0.05) is 11.0 Å². The van der Waals surface area contributed by atoms with Crippen molar-refractivity contribution >= 4 is 26.0 Å². The zero-order valence-electron chi connectivity index (χ0n) is 12.6. The fraction of sp³-hybridized carbons (Fsp3) is 0.250. The molecule has 1 heterocycles. The van der Waals surface area contributed by atoms with Crippen LogP contribution in [0.4, 0.5) is 0 Å². The Morgan fingerprint density at radius 3 is 2.71 bits per heavy atom. The minimum atomic E-state index is -3.63. The number of aliphatic hydroxyl groups excluding tert-OH is 1. The van der Waals surface area contributed by atoms with Crippen molar-refractivity contribution in [3.8, 4) is 11.5 Å². The number of rotatable bonds is 6. The summed E-state index contributed by atoms with van der Waals surface area (Å²) in [4.78, 5) is 0.169. The van der Waals surface area contributed by atoms with Crippen LogP contribution in [-0.2, 0) is 10.0 Å². The second-order valence-corrected chi connectivity index (χ2v) is 7.84. The number of fused-ring (bicyclic) bond motifs is 1. The Labute approximate surface area is 148 Å². The lowest BCUT2D eigenvalue weighted by molar-refractivity contribution is 0.166. The van der Waals surface area contributed by atoms with E-state index in [-0.39, 0.29) is 24.7 Å². The first kappa shape index (κ1) is 17.2. The topological polar surface area (TPSA) is 84.9 Å². The lowest BCUT2D eigenvalue weighted by Crippen LogP contribution is -2.26. The van der Waals surface area contributed by atoms with Crippen molar-refractivity contribution in [3.05, 3.63) is 52.5 Å². The Morgan fingerprint density at radius 2 is 1.92 bits per heavy atom. The highest BCUT2D eigenvalue weighted by molar-refractivity contribution is 9.10. The molecule has 128 valence electrons. The highest BCUT2D eigenvalue weighted by atomic mass is 79.9. The molecular formula is C16H16BrNO5S. The Morgan fingerprint density at radius 1 is 1.17 bits per heavy atom. The van der Waals surface area contributed by atoms with E-state index >= 15 is 0 Å². The summed E-state index contributed by atoms with van der Waals surface area (Å²) in [5.74, 6) is 1.22. The summed E-state index contributed by atoms with van der Waals surface area (Å²) in [7, 11) is -3.63. The van der Waals surface area contributed by atoms with Crippen molar-refractivity contribution in [1.29, 1.82) is 0 Å². The Hall–Kier alpha value is -1.61. The molecule has 0 amide bonds. The van der Waals surface area contributed by atoms with Crippen LogP contribution in [0.25, 0.3) is 0 Å². The minimum absolute atomic E-state index is 0.110. The number of hydrogen-bond donors (Lipinski definition) is 2. The number of ether oxygens (including phenoxy) is 2. The van der Waals surface area contributed by atoms with Crippen molar-refractivity contribution in [3.63, 3.8) is 0 Å². The molecule has 0 aliphatic carbocycles. The molecule has 2 aromatic carbocycles. The van der Waals surface area contributed by atoms with Crippen LogP contribution in [0.3, 0.4) is 0 Å². The second kappa shape index (κ2) is 7.10. The van der Waals surface area contributed by atoms with Gasteiger partial charge in [-0.15, -0.1) is 0 Å². The van der Waals surface area contributed by atoms with Gasteiger partial charge in [0.1, 0.15) is 0 Å². The molecular weight excluding hydrogens is 398 g/mol. The van der Waals surface area contributed by atoms with E-state index in [0.717, 1.165) is 0 Å². The molecule has 1 atom stereocenters. The van der Waals surface area contributed by atoms with E-state index in [1.165, 1.54) is 6.07 Å². The molecule has 6 nitrogen and oxygen atoms in total.